The van der Waals surface area contributed by atoms with Crippen molar-refractivity contribution in [2.45, 2.75) is 32.6 Å². The van der Waals surface area contributed by atoms with E-state index in [1.807, 2.05) is 6.07 Å². The second kappa shape index (κ2) is 5.83. The quantitative estimate of drug-likeness (QED) is 0.862. The highest BCUT2D eigenvalue weighted by Gasteiger charge is 2.26. The fraction of sp³-hybridized carbons (Fsp3) is 0.412. The van der Waals surface area contributed by atoms with Crippen molar-refractivity contribution in [2.24, 2.45) is 5.92 Å². The van der Waals surface area contributed by atoms with Gasteiger partial charge in [-0.3, -0.25) is 9.20 Å². The van der Waals surface area contributed by atoms with E-state index in [0.29, 0.717) is 23.4 Å². The summed E-state index contributed by atoms with van der Waals surface area (Å²) in [5.41, 5.74) is 0.547. The Balaban J connectivity index is 2.17. The van der Waals surface area contributed by atoms with E-state index < -0.39 is 11.4 Å². The first-order chi connectivity index (χ1) is 10.6. The maximum Gasteiger partial charge on any atom is 0.347 e. The van der Waals surface area contributed by atoms with Crippen LogP contribution in [-0.2, 0) is 11.2 Å². The van der Waals surface area contributed by atoms with Crippen LogP contribution in [0.25, 0.3) is 5.52 Å². The van der Waals surface area contributed by atoms with Gasteiger partial charge in [0.15, 0.2) is 5.56 Å². The predicted octanol–water partition coefficient (Wildman–Crippen LogP) is 2.52. The van der Waals surface area contributed by atoms with Crippen LogP contribution < -0.4 is 5.43 Å². The molecule has 22 heavy (non-hydrogen) atoms. The van der Waals surface area contributed by atoms with Crippen LogP contribution >= 0.6 is 0 Å². The highest BCUT2D eigenvalue weighted by atomic mass is 16.5. The zero-order chi connectivity index (χ0) is 15.7. The molecular weight excluding hydrogens is 282 g/mol. The summed E-state index contributed by atoms with van der Waals surface area (Å²) in [6.45, 7) is 1.83. The molecule has 0 spiro atoms. The van der Waals surface area contributed by atoms with Gasteiger partial charge < -0.3 is 9.84 Å². The van der Waals surface area contributed by atoms with Crippen molar-refractivity contribution >= 4 is 11.5 Å². The van der Waals surface area contributed by atoms with Crippen LogP contribution in [0.4, 0.5) is 0 Å². The van der Waals surface area contributed by atoms with Crippen molar-refractivity contribution in [3.63, 3.8) is 0 Å². The van der Waals surface area contributed by atoms with Gasteiger partial charge in [0.25, 0.3) is 0 Å². The SMILES string of the molecule is CCOC(=O)c1c(O)n2ccccc2c(CCC2CC2)c1=O. The molecule has 5 nitrogen and oxygen atoms in total. The Hall–Kier alpha value is -2.30. The number of ether oxygens (including phenoxy) is 1. The molecule has 0 bridgehead atoms. The van der Waals surface area contributed by atoms with Gasteiger partial charge >= 0.3 is 5.97 Å². The number of carbonyl (C=O) groups excluding carboxylic acids is 1. The largest absolute Gasteiger partial charge is 0.493 e. The van der Waals surface area contributed by atoms with Crippen molar-refractivity contribution in [3.8, 4) is 5.88 Å². The van der Waals surface area contributed by atoms with Gasteiger partial charge in [-0.15, -0.1) is 0 Å². The second-order valence-corrected chi connectivity index (χ2v) is 5.66. The Kier molecular flexibility index (Phi) is 3.88. The molecule has 2 heterocycles. The molecule has 2 aromatic rings. The van der Waals surface area contributed by atoms with E-state index in [1.165, 1.54) is 17.2 Å². The van der Waals surface area contributed by atoms with E-state index in [2.05, 4.69) is 0 Å². The number of fused-ring (bicyclic) bond motifs is 1. The van der Waals surface area contributed by atoms with E-state index in [0.717, 1.165) is 6.42 Å². The van der Waals surface area contributed by atoms with Gasteiger partial charge in [-0.05, 0) is 37.8 Å². The molecule has 1 saturated carbocycles. The first-order valence-electron chi connectivity index (χ1n) is 7.65. The fourth-order valence-corrected chi connectivity index (χ4v) is 2.75. The van der Waals surface area contributed by atoms with E-state index in [1.54, 1.807) is 25.3 Å². The number of esters is 1. The first-order valence-corrected chi connectivity index (χ1v) is 7.65. The van der Waals surface area contributed by atoms with Crippen LogP contribution in [0.5, 0.6) is 5.88 Å². The molecule has 5 heteroatoms. The van der Waals surface area contributed by atoms with E-state index in [-0.39, 0.29) is 18.1 Å². The Morgan fingerprint density at radius 3 is 2.86 bits per heavy atom. The fourth-order valence-electron chi connectivity index (χ4n) is 2.75. The number of hydrogen-bond donors (Lipinski definition) is 1. The van der Waals surface area contributed by atoms with Gasteiger partial charge in [0, 0.05) is 11.8 Å². The molecule has 3 rings (SSSR count). The highest BCUT2D eigenvalue weighted by Crippen LogP contribution is 2.34. The smallest absolute Gasteiger partial charge is 0.347 e. The molecule has 0 aliphatic heterocycles. The van der Waals surface area contributed by atoms with Gasteiger partial charge in [-0.1, -0.05) is 18.9 Å². The van der Waals surface area contributed by atoms with E-state index >= 15 is 0 Å². The van der Waals surface area contributed by atoms with E-state index in [9.17, 15) is 14.7 Å². The van der Waals surface area contributed by atoms with Crippen LogP contribution in [0.15, 0.2) is 29.2 Å². The molecule has 0 unspecified atom stereocenters. The monoisotopic (exact) mass is 301 g/mol. The molecule has 0 saturated heterocycles. The third-order valence-electron chi connectivity index (χ3n) is 4.10. The lowest BCUT2D eigenvalue weighted by Gasteiger charge is -2.13. The number of hydrogen-bond acceptors (Lipinski definition) is 4. The molecule has 0 amide bonds. The number of aromatic nitrogens is 1. The van der Waals surface area contributed by atoms with Crippen LogP contribution in [0.1, 0.15) is 42.1 Å². The summed E-state index contributed by atoms with van der Waals surface area (Å²) in [7, 11) is 0. The van der Waals surface area contributed by atoms with Crippen molar-refractivity contribution in [1.82, 2.24) is 4.40 Å². The maximum atomic E-state index is 12.7. The number of carbonyl (C=O) groups is 1. The van der Waals surface area contributed by atoms with Crippen molar-refractivity contribution in [2.75, 3.05) is 6.61 Å². The highest BCUT2D eigenvalue weighted by molar-refractivity contribution is 5.92. The number of aryl methyl sites for hydroxylation is 1. The number of aromatic hydroxyl groups is 1. The van der Waals surface area contributed by atoms with Gasteiger partial charge in [0.05, 0.1) is 12.1 Å². The third kappa shape index (κ3) is 2.58. The Bertz CT molecular complexity index is 774. The molecule has 0 radical (unpaired) electrons. The summed E-state index contributed by atoms with van der Waals surface area (Å²) in [6, 6.07) is 5.36. The zero-order valence-corrected chi connectivity index (χ0v) is 12.5. The summed E-state index contributed by atoms with van der Waals surface area (Å²) in [5, 5.41) is 10.3. The molecule has 1 fully saturated rings. The summed E-state index contributed by atoms with van der Waals surface area (Å²) in [5.74, 6) is -0.437. The zero-order valence-electron chi connectivity index (χ0n) is 12.5. The maximum absolute atomic E-state index is 12.7. The lowest BCUT2D eigenvalue weighted by molar-refractivity contribution is 0.0520. The third-order valence-corrected chi connectivity index (χ3v) is 4.10. The number of pyridine rings is 2. The average Bonchev–Trinajstić information content (AvgIpc) is 3.32. The lowest BCUT2D eigenvalue weighted by atomic mass is 10.0. The van der Waals surface area contributed by atoms with Crippen LogP contribution in [-0.4, -0.2) is 22.1 Å². The van der Waals surface area contributed by atoms with Gasteiger partial charge in [-0.25, -0.2) is 4.79 Å². The Morgan fingerprint density at radius 2 is 2.18 bits per heavy atom. The Morgan fingerprint density at radius 1 is 1.41 bits per heavy atom. The molecular formula is C17H19NO4. The summed E-state index contributed by atoms with van der Waals surface area (Å²) < 4.78 is 6.40. The summed E-state index contributed by atoms with van der Waals surface area (Å²) in [6.07, 6.45) is 5.62. The standard InChI is InChI=1S/C17H19NO4/c1-2-22-17(21)14-15(19)12(9-8-11-6-7-11)13-5-3-4-10-18(13)16(14)20/h3-5,10-11,20H,2,6-9H2,1H3. The number of rotatable bonds is 5. The minimum Gasteiger partial charge on any atom is -0.493 e. The summed E-state index contributed by atoms with van der Waals surface area (Å²) >= 11 is 0. The first kappa shape index (κ1) is 14.6. The minimum atomic E-state index is -0.768. The van der Waals surface area contributed by atoms with Gasteiger partial charge in [-0.2, -0.15) is 0 Å². The van der Waals surface area contributed by atoms with Crippen molar-refractivity contribution in [3.05, 3.63) is 45.7 Å². The minimum absolute atomic E-state index is 0.159. The average molecular weight is 301 g/mol. The Labute approximate surface area is 128 Å². The van der Waals surface area contributed by atoms with Gasteiger partial charge in [0.1, 0.15) is 0 Å². The molecule has 0 atom stereocenters. The normalized spacial score (nSPS) is 14.2. The van der Waals surface area contributed by atoms with Gasteiger partial charge in [0.2, 0.25) is 11.3 Å². The molecule has 116 valence electrons. The second-order valence-electron chi connectivity index (χ2n) is 5.66. The van der Waals surface area contributed by atoms with Crippen molar-refractivity contribution < 1.29 is 14.6 Å². The van der Waals surface area contributed by atoms with E-state index in [4.69, 9.17) is 4.74 Å². The molecule has 2 aromatic heterocycles. The molecule has 1 aliphatic carbocycles. The molecule has 1 aliphatic rings. The predicted molar refractivity (Wildman–Crippen MR) is 82.3 cm³/mol. The summed E-state index contributed by atoms with van der Waals surface area (Å²) in [4.78, 5) is 24.7. The van der Waals surface area contributed by atoms with Crippen LogP contribution in [0.2, 0.25) is 0 Å². The van der Waals surface area contributed by atoms with Crippen LogP contribution in [0.3, 0.4) is 0 Å². The molecule has 1 N–H and O–H groups in total. The van der Waals surface area contributed by atoms with Crippen molar-refractivity contribution in [1.29, 1.82) is 0 Å². The lowest BCUT2D eigenvalue weighted by Crippen LogP contribution is -2.23. The number of nitrogens with zero attached hydrogens (tertiary/aromatic N) is 1. The van der Waals surface area contributed by atoms with Crippen LogP contribution in [0, 0.1) is 5.92 Å². The molecule has 0 aromatic carbocycles. The topological polar surface area (TPSA) is 68.0 Å².